The van der Waals surface area contributed by atoms with Gasteiger partial charge < -0.3 is 15.8 Å². The van der Waals surface area contributed by atoms with Crippen LogP contribution in [0, 0.1) is 17.2 Å². The van der Waals surface area contributed by atoms with E-state index in [0.29, 0.717) is 18.2 Å². The summed E-state index contributed by atoms with van der Waals surface area (Å²) < 4.78 is 5.49. The van der Waals surface area contributed by atoms with E-state index in [4.69, 9.17) is 15.9 Å². The zero-order chi connectivity index (χ0) is 16.7. The summed E-state index contributed by atoms with van der Waals surface area (Å²) in [4.78, 5) is 12.2. The highest BCUT2D eigenvalue weighted by molar-refractivity contribution is 5.75. The van der Waals surface area contributed by atoms with E-state index in [0.717, 1.165) is 37.7 Å². The smallest absolute Gasteiger partial charge is 0.314 e. The Morgan fingerprint density at radius 2 is 1.96 bits per heavy atom. The molecule has 5 nitrogen and oxygen atoms in total. The Balaban J connectivity index is 1.78. The number of carbonyl (C=O) groups is 1. The van der Waals surface area contributed by atoms with Crippen LogP contribution >= 0.6 is 0 Å². The number of nitrogens with one attached hydrogen (secondary N) is 2. The Morgan fingerprint density at radius 3 is 2.52 bits per heavy atom. The molecule has 0 heterocycles. The van der Waals surface area contributed by atoms with Gasteiger partial charge in [0.2, 0.25) is 0 Å². The Bertz CT molecular complexity index is 546. The van der Waals surface area contributed by atoms with Gasteiger partial charge >= 0.3 is 5.97 Å². The molecule has 1 aromatic carbocycles. The number of esters is 1. The van der Waals surface area contributed by atoms with Crippen LogP contribution in [0.2, 0.25) is 0 Å². The highest BCUT2D eigenvalue weighted by Crippen LogP contribution is 2.29. The minimum atomic E-state index is -0.139. The summed E-state index contributed by atoms with van der Waals surface area (Å²) in [5, 5.41) is 10.0. The standard InChI is InChI=1S/C18H25N3O2/c1-2-3-13-6-10-16(11-7-13)23-17(22)15-8-4-14(5-9-15)12-21-18(19)20/h2,6-7,10-11,14-15H,1,3-5,8-9,12H2,(H4,19,20,21). The summed E-state index contributed by atoms with van der Waals surface area (Å²) in [5.74, 6) is 0.909. The van der Waals surface area contributed by atoms with E-state index < -0.39 is 0 Å². The molecule has 0 bridgehead atoms. The Labute approximate surface area is 137 Å². The molecule has 1 saturated carbocycles. The fraction of sp³-hybridized carbons (Fsp3) is 0.444. The lowest BCUT2D eigenvalue weighted by molar-refractivity contribution is -0.140. The third kappa shape index (κ3) is 5.43. The second-order valence-corrected chi connectivity index (χ2v) is 6.07. The van der Waals surface area contributed by atoms with Crippen molar-refractivity contribution in [2.75, 3.05) is 6.54 Å². The van der Waals surface area contributed by atoms with Gasteiger partial charge in [-0.2, -0.15) is 0 Å². The maximum absolute atomic E-state index is 12.2. The van der Waals surface area contributed by atoms with Gasteiger partial charge in [0.1, 0.15) is 5.75 Å². The number of hydrogen-bond acceptors (Lipinski definition) is 3. The van der Waals surface area contributed by atoms with E-state index in [-0.39, 0.29) is 17.8 Å². The molecule has 0 spiro atoms. The molecular formula is C18H25N3O2. The van der Waals surface area contributed by atoms with Crippen molar-refractivity contribution in [1.82, 2.24) is 5.32 Å². The summed E-state index contributed by atoms with van der Waals surface area (Å²) in [5.41, 5.74) is 6.44. The Hall–Kier alpha value is -2.30. The molecule has 0 atom stereocenters. The van der Waals surface area contributed by atoms with Crippen LogP contribution in [-0.2, 0) is 11.2 Å². The number of benzene rings is 1. The van der Waals surface area contributed by atoms with Crippen molar-refractivity contribution in [2.24, 2.45) is 17.6 Å². The van der Waals surface area contributed by atoms with Crippen LogP contribution in [0.1, 0.15) is 31.2 Å². The molecule has 1 aliphatic carbocycles. The van der Waals surface area contributed by atoms with Crippen LogP contribution in [0.3, 0.4) is 0 Å². The highest BCUT2D eigenvalue weighted by atomic mass is 16.5. The molecule has 0 radical (unpaired) electrons. The van der Waals surface area contributed by atoms with Gasteiger partial charge in [0.25, 0.3) is 0 Å². The lowest BCUT2D eigenvalue weighted by Gasteiger charge is -2.27. The van der Waals surface area contributed by atoms with Gasteiger partial charge in [-0.25, -0.2) is 0 Å². The summed E-state index contributed by atoms with van der Waals surface area (Å²) in [6.07, 6.45) is 6.23. The largest absolute Gasteiger partial charge is 0.426 e. The average Bonchev–Trinajstić information content (AvgIpc) is 2.55. The van der Waals surface area contributed by atoms with Crippen molar-refractivity contribution in [2.45, 2.75) is 32.1 Å². The Kier molecular flexibility index (Phi) is 6.20. The fourth-order valence-corrected chi connectivity index (χ4v) is 2.92. The fourth-order valence-electron chi connectivity index (χ4n) is 2.92. The van der Waals surface area contributed by atoms with Gasteiger partial charge in [-0.1, -0.05) is 18.2 Å². The molecule has 124 valence electrons. The Morgan fingerprint density at radius 1 is 1.30 bits per heavy atom. The normalized spacial score (nSPS) is 20.5. The van der Waals surface area contributed by atoms with Gasteiger partial charge in [-0.05, 0) is 55.7 Å². The first kappa shape index (κ1) is 17.1. The molecule has 0 unspecified atom stereocenters. The summed E-state index contributed by atoms with van der Waals surface area (Å²) in [6.45, 7) is 4.42. The van der Waals surface area contributed by atoms with Crippen molar-refractivity contribution < 1.29 is 9.53 Å². The zero-order valence-electron chi connectivity index (χ0n) is 13.4. The second-order valence-electron chi connectivity index (χ2n) is 6.07. The van der Waals surface area contributed by atoms with E-state index in [1.165, 1.54) is 0 Å². The highest BCUT2D eigenvalue weighted by Gasteiger charge is 2.27. The van der Waals surface area contributed by atoms with Gasteiger partial charge in [-0.15, -0.1) is 6.58 Å². The molecule has 0 amide bonds. The average molecular weight is 315 g/mol. The minimum Gasteiger partial charge on any atom is -0.426 e. The maximum Gasteiger partial charge on any atom is 0.314 e. The number of guanidine groups is 1. The first-order valence-electron chi connectivity index (χ1n) is 8.08. The molecule has 23 heavy (non-hydrogen) atoms. The van der Waals surface area contributed by atoms with E-state index in [1.807, 2.05) is 30.3 Å². The van der Waals surface area contributed by atoms with Gasteiger partial charge in [-0.3, -0.25) is 10.2 Å². The summed E-state index contributed by atoms with van der Waals surface area (Å²) in [6, 6.07) is 7.57. The number of ether oxygens (including phenoxy) is 1. The van der Waals surface area contributed by atoms with Crippen LogP contribution in [0.15, 0.2) is 36.9 Å². The van der Waals surface area contributed by atoms with Crippen LogP contribution in [0.25, 0.3) is 0 Å². The van der Waals surface area contributed by atoms with E-state index in [9.17, 15) is 4.79 Å². The number of hydrogen-bond donors (Lipinski definition) is 3. The maximum atomic E-state index is 12.2. The molecule has 2 rings (SSSR count). The lowest BCUT2D eigenvalue weighted by atomic mass is 9.82. The first-order valence-corrected chi connectivity index (χ1v) is 8.08. The van der Waals surface area contributed by atoms with E-state index in [2.05, 4.69) is 11.9 Å². The van der Waals surface area contributed by atoms with Crippen LogP contribution in [-0.4, -0.2) is 18.5 Å². The molecular weight excluding hydrogens is 290 g/mol. The predicted octanol–water partition coefficient (Wildman–Crippen LogP) is 2.61. The summed E-state index contributed by atoms with van der Waals surface area (Å²) >= 11 is 0. The molecule has 1 fully saturated rings. The second kappa shape index (κ2) is 8.36. The SMILES string of the molecule is C=CCc1ccc(OC(=O)C2CCC(CNC(=N)N)CC2)cc1. The molecule has 0 aromatic heterocycles. The zero-order valence-corrected chi connectivity index (χ0v) is 13.4. The number of nitrogens with two attached hydrogens (primary N) is 1. The first-order chi connectivity index (χ1) is 11.1. The minimum absolute atomic E-state index is 0.00596. The van der Waals surface area contributed by atoms with Crippen molar-refractivity contribution >= 4 is 11.9 Å². The van der Waals surface area contributed by atoms with Crippen molar-refractivity contribution in [3.63, 3.8) is 0 Å². The monoisotopic (exact) mass is 315 g/mol. The topological polar surface area (TPSA) is 88.2 Å². The number of allylic oxidation sites excluding steroid dienone is 1. The molecule has 1 aliphatic rings. The third-order valence-corrected chi connectivity index (χ3v) is 4.28. The number of carbonyl (C=O) groups excluding carboxylic acids is 1. The molecule has 5 heteroatoms. The van der Waals surface area contributed by atoms with Crippen LogP contribution in [0.5, 0.6) is 5.75 Å². The van der Waals surface area contributed by atoms with E-state index in [1.54, 1.807) is 0 Å². The van der Waals surface area contributed by atoms with Crippen molar-refractivity contribution in [1.29, 1.82) is 5.41 Å². The van der Waals surface area contributed by atoms with Crippen LogP contribution < -0.4 is 15.8 Å². The van der Waals surface area contributed by atoms with Gasteiger partial charge in [0, 0.05) is 6.54 Å². The summed E-state index contributed by atoms with van der Waals surface area (Å²) in [7, 11) is 0. The molecule has 4 N–H and O–H groups in total. The quantitative estimate of drug-likeness (QED) is 0.247. The predicted molar refractivity (Wildman–Crippen MR) is 91.3 cm³/mol. The molecule has 1 aromatic rings. The lowest BCUT2D eigenvalue weighted by Crippen LogP contribution is -2.36. The third-order valence-electron chi connectivity index (χ3n) is 4.28. The van der Waals surface area contributed by atoms with E-state index >= 15 is 0 Å². The van der Waals surface area contributed by atoms with Gasteiger partial charge in [0.15, 0.2) is 5.96 Å². The molecule has 0 aliphatic heterocycles. The van der Waals surface area contributed by atoms with Crippen LogP contribution in [0.4, 0.5) is 0 Å². The van der Waals surface area contributed by atoms with Crippen molar-refractivity contribution in [3.8, 4) is 5.75 Å². The molecule has 0 saturated heterocycles. The number of rotatable bonds is 6. The van der Waals surface area contributed by atoms with Gasteiger partial charge in [0.05, 0.1) is 5.92 Å². The van der Waals surface area contributed by atoms with Crippen molar-refractivity contribution in [3.05, 3.63) is 42.5 Å².